The van der Waals surface area contributed by atoms with Crippen molar-refractivity contribution in [3.63, 3.8) is 0 Å². The van der Waals surface area contributed by atoms with Gasteiger partial charge < -0.3 is 19.9 Å². The minimum Gasteiger partial charge on any atom is -0.377 e. The maximum absolute atomic E-state index is 12.9. The second-order valence-electron chi connectivity index (χ2n) is 8.23. The highest BCUT2D eigenvalue weighted by molar-refractivity contribution is 5.93. The predicted octanol–water partition coefficient (Wildman–Crippen LogP) is 1.55. The van der Waals surface area contributed by atoms with E-state index >= 15 is 0 Å². The van der Waals surface area contributed by atoms with Gasteiger partial charge >= 0.3 is 0 Å². The molecule has 3 aliphatic rings. The van der Waals surface area contributed by atoms with Crippen LogP contribution in [0, 0.1) is 0 Å². The minimum atomic E-state index is -0.126. The fourth-order valence-corrected chi connectivity index (χ4v) is 4.71. The summed E-state index contributed by atoms with van der Waals surface area (Å²) in [4.78, 5) is 32.9. The summed E-state index contributed by atoms with van der Waals surface area (Å²) in [6.45, 7) is 5.10. The first kappa shape index (κ1) is 19.5. The van der Waals surface area contributed by atoms with Crippen LogP contribution in [-0.4, -0.2) is 77.6 Å². The van der Waals surface area contributed by atoms with E-state index < -0.39 is 0 Å². The van der Waals surface area contributed by atoms with Crippen molar-refractivity contribution in [3.05, 3.63) is 23.5 Å². The number of aromatic amines is 1. The van der Waals surface area contributed by atoms with E-state index in [0.717, 1.165) is 24.9 Å². The Bertz CT molecular complexity index is 698. The Labute approximate surface area is 166 Å². The van der Waals surface area contributed by atoms with Crippen LogP contribution in [0.15, 0.2) is 12.3 Å². The largest absolute Gasteiger partial charge is 0.377 e. The second kappa shape index (κ2) is 8.66. The molecular weight excluding hydrogens is 356 g/mol. The zero-order valence-corrected chi connectivity index (χ0v) is 16.8. The molecule has 7 nitrogen and oxygen atoms in total. The number of carbonyl (C=O) groups excluding carboxylic acids is 2. The average Bonchev–Trinajstić information content (AvgIpc) is 3.37. The van der Waals surface area contributed by atoms with Gasteiger partial charge in [0.15, 0.2) is 0 Å². The van der Waals surface area contributed by atoms with Crippen LogP contribution >= 0.6 is 0 Å². The molecule has 2 atom stereocenters. The van der Waals surface area contributed by atoms with Crippen LogP contribution in [0.5, 0.6) is 0 Å². The van der Waals surface area contributed by atoms with Crippen LogP contribution in [0.4, 0.5) is 0 Å². The minimum absolute atomic E-state index is 0.00674. The number of amides is 2. The molecule has 1 aliphatic carbocycles. The van der Waals surface area contributed by atoms with Crippen LogP contribution < -0.4 is 5.32 Å². The summed E-state index contributed by atoms with van der Waals surface area (Å²) in [5.74, 6) is 0.0859. The van der Waals surface area contributed by atoms with E-state index in [2.05, 4.69) is 22.1 Å². The SMILES string of the molecule is CCc1c[nH]c(C(=O)N2CCOCC2CNC(=O)C2CCN2C2CCCC2)c1. The molecule has 28 heavy (non-hydrogen) atoms. The Morgan fingerprint density at radius 1 is 1.25 bits per heavy atom. The van der Waals surface area contributed by atoms with E-state index in [0.29, 0.717) is 38.0 Å². The van der Waals surface area contributed by atoms with Crippen molar-refractivity contribution in [1.82, 2.24) is 20.1 Å². The first-order valence-electron chi connectivity index (χ1n) is 10.8. The third kappa shape index (κ3) is 3.96. The lowest BCUT2D eigenvalue weighted by molar-refractivity contribution is -0.133. The first-order chi connectivity index (χ1) is 13.7. The number of rotatable bonds is 6. The van der Waals surface area contributed by atoms with Crippen molar-refractivity contribution in [1.29, 1.82) is 0 Å². The summed E-state index contributed by atoms with van der Waals surface area (Å²) in [5.41, 5.74) is 1.74. The van der Waals surface area contributed by atoms with Crippen LogP contribution in [0.25, 0.3) is 0 Å². The zero-order valence-electron chi connectivity index (χ0n) is 16.8. The molecule has 4 rings (SSSR count). The Balaban J connectivity index is 1.33. The Kier molecular flexibility index (Phi) is 6.01. The first-order valence-corrected chi connectivity index (χ1v) is 10.8. The molecule has 0 radical (unpaired) electrons. The van der Waals surface area contributed by atoms with Gasteiger partial charge in [0.25, 0.3) is 5.91 Å². The zero-order chi connectivity index (χ0) is 19.5. The normalized spacial score (nSPS) is 26.2. The van der Waals surface area contributed by atoms with E-state index in [4.69, 9.17) is 4.74 Å². The van der Waals surface area contributed by atoms with Crippen LogP contribution in [0.1, 0.15) is 55.1 Å². The Morgan fingerprint density at radius 3 is 2.75 bits per heavy atom. The third-order valence-corrected chi connectivity index (χ3v) is 6.54. The van der Waals surface area contributed by atoms with Gasteiger partial charge in [0.05, 0.1) is 25.3 Å². The standard InChI is InChI=1S/C21H32N4O3/c1-2-15-11-18(22-12-15)21(27)25-9-10-28-14-17(25)13-23-20(26)19-7-8-24(19)16-5-3-4-6-16/h11-12,16-17,19,22H,2-10,13-14H2,1H3,(H,23,26). The fourth-order valence-electron chi connectivity index (χ4n) is 4.71. The number of carbonyl (C=O) groups is 2. The quantitative estimate of drug-likeness (QED) is 0.775. The van der Waals surface area contributed by atoms with Gasteiger partial charge in [-0.3, -0.25) is 14.5 Å². The lowest BCUT2D eigenvalue weighted by Crippen LogP contribution is -2.61. The molecule has 2 N–H and O–H groups in total. The molecule has 1 aromatic rings. The molecule has 3 fully saturated rings. The number of hydrogen-bond donors (Lipinski definition) is 2. The van der Waals surface area contributed by atoms with Crippen LogP contribution in [0.3, 0.4) is 0 Å². The number of morpholine rings is 1. The molecule has 7 heteroatoms. The van der Waals surface area contributed by atoms with E-state index in [1.807, 2.05) is 17.2 Å². The summed E-state index contributed by atoms with van der Waals surface area (Å²) >= 11 is 0. The second-order valence-corrected chi connectivity index (χ2v) is 8.23. The Morgan fingerprint density at radius 2 is 2.07 bits per heavy atom. The van der Waals surface area contributed by atoms with Gasteiger partial charge in [-0.1, -0.05) is 19.8 Å². The lowest BCUT2D eigenvalue weighted by atomic mass is 9.98. The van der Waals surface area contributed by atoms with Gasteiger partial charge in [-0.2, -0.15) is 0 Å². The molecule has 3 heterocycles. The maximum Gasteiger partial charge on any atom is 0.270 e. The number of hydrogen-bond acceptors (Lipinski definition) is 4. The highest BCUT2D eigenvalue weighted by Crippen LogP contribution is 2.31. The van der Waals surface area contributed by atoms with Gasteiger partial charge in [0, 0.05) is 31.9 Å². The summed E-state index contributed by atoms with van der Waals surface area (Å²) in [7, 11) is 0. The van der Waals surface area contributed by atoms with Gasteiger partial charge in [-0.15, -0.1) is 0 Å². The molecule has 154 valence electrons. The molecule has 2 aliphatic heterocycles. The van der Waals surface area contributed by atoms with Gasteiger partial charge in [-0.05, 0) is 37.3 Å². The van der Waals surface area contributed by atoms with Crippen molar-refractivity contribution >= 4 is 11.8 Å². The molecule has 2 unspecified atom stereocenters. The smallest absolute Gasteiger partial charge is 0.270 e. The number of nitrogens with one attached hydrogen (secondary N) is 2. The van der Waals surface area contributed by atoms with E-state index in [-0.39, 0.29) is 23.9 Å². The molecule has 2 amide bonds. The summed E-state index contributed by atoms with van der Waals surface area (Å²) in [6.07, 6.45) is 8.73. The lowest BCUT2D eigenvalue weighted by Gasteiger charge is -2.44. The molecular formula is C21H32N4O3. The molecule has 1 saturated carbocycles. The number of ether oxygens (including phenoxy) is 1. The maximum atomic E-state index is 12.9. The topological polar surface area (TPSA) is 77.7 Å². The fraction of sp³-hybridized carbons (Fsp3) is 0.714. The van der Waals surface area contributed by atoms with Crippen molar-refractivity contribution in [3.8, 4) is 0 Å². The third-order valence-electron chi connectivity index (χ3n) is 6.54. The van der Waals surface area contributed by atoms with E-state index in [9.17, 15) is 9.59 Å². The van der Waals surface area contributed by atoms with E-state index in [1.165, 1.54) is 25.7 Å². The van der Waals surface area contributed by atoms with Crippen LogP contribution in [-0.2, 0) is 16.0 Å². The number of likely N-dealkylation sites (tertiary alicyclic amines) is 1. The van der Waals surface area contributed by atoms with Gasteiger partial charge in [0.2, 0.25) is 5.91 Å². The van der Waals surface area contributed by atoms with Crippen molar-refractivity contribution in [2.75, 3.05) is 32.8 Å². The number of aryl methyl sites for hydroxylation is 1. The van der Waals surface area contributed by atoms with Gasteiger partial charge in [0.1, 0.15) is 5.69 Å². The van der Waals surface area contributed by atoms with Gasteiger partial charge in [-0.25, -0.2) is 0 Å². The average molecular weight is 389 g/mol. The molecule has 0 bridgehead atoms. The predicted molar refractivity (Wildman–Crippen MR) is 106 cm³/mol. The van der Waals surface area contributed by atoms with Crippen molar-refractivity contribution < 1.29 is 14.3 Å². The summed E-state index contributed by atoms with van der Waals surface area (Å²) in [5, 5.41) is 3.10. The molecule has 0 spiro atoms. The number of aromatic nitrogens is 1. The molecule has 0 aromatic carbocycles. The highest BCUT2D eigenvalue weighted by Gasteiger charge is 2.40. The molecule has 2 saturated heterocycles. The summed E-state index contributed by atoms with van der Waals surface area (Å²) in [6, 6.07) is 2.38. The van der Waals surface area contributed by atoms with Crippen molar-refractivity contribution in [2.24, 2.45) is 0 Å². The van der Waals surface area contributed by atoms with Crippen LogP contribution in [0.2, 0.25) is 0 Å². The van der Waals surface area contributed by atoms with E-state index in [1.54, 1.807) is 0 Å². The Hall–Kier alpha value is -1.86. The summed E-state index contributed by atoms with van der Waals surface area (Å²) < 4.78 is 5.59. The number of H-pyrrole nitrogens is 1. The monoisotopic (exact) mass is 388 g/mol. The molecule has 1 aromatic heterocycles. The number of nitrogens with zero attached hydrogens (tertiary/aromatic N) is 2. The highest BCUT2D eigenvalue weighted by atomic mass is 16.5. The van der Waals surface area contributed by atoms with Crippen molar-refractivity contribution in [2.45, 2.75) is 63.6 Å².